The van der Waals surface area contributed by atoms with Crippen LogP contribution in [0.3, 0.4) is 0 Å². The Labute approximate surface area is 143 Å². The number of halogens is 1. The van der Waals surface area contributed by atoms with E-state index in [0.29, 0.717) is 17.1 Å². The van der Waals surface area contributed by atoms with Crippen molar-refractivity contribution in [2.45, 2.75) is 10.6 Å². The van der Waals surface area contributed by atoms with E-state index in [2.05, 4.69) is 20.9 Å². The Morgan fingerprint density at radius 3 is 2.65 bits per heavy atom. The van der Waals surface area contributed by atoms with Crippen LogP contribution < -0.4 is 5.56 Å². The van der Waals surface area contributed by atoms with Crippen molar-refractivity contribution >= 4 is 39.0 Å². The summed E-state index contributed by atoms with van der Waals surface area (Å²) in [6.07, 6.45) is 1.68. The smallest absolute Gasteiger partial charge is 0.269 e. The molecule has 0 aliphatic heterocycles. The molecule has 3 aromatic rings. The van der Waals surface area contributed by atoms with Gasteiger partial charge >= 0.3 is 0 Å². The van der Waals surface area contributed by atoms with Gasteiger partial charge in [0.25, 0.3) is 11.2 Å². The lowest BCUT2D eigenvalue weighted by atomic mass is 10.3. The van der Waals surface area contributed by atoms with Crippen molar-refractivity contribution < 1.29 is 4.92 Å². The van der Waals surface area contributed by atoms with Gasteiger partial charge in [-0.1, -0.05) is 0 Å². The van der Waals surface area contributed by atoms with Crippen molar-refractivity contribution in [2.24, 2.45) is 0 Å². The first-order valence-corrected chi connectivity index (χ1v) is 8.36. The molecule has 0 radical (unpaired) electrons. The zero-order valence-corrected chi connectivity index (χ0v) is 14.1. The molecule has 2 heterocycles. The van der Waals surface area contributed by atoms with Crippen LogP contribution in [0.1, 0.15) is 5.69 Å². The number of fused-ring (bicyclic) bond motifs is 1. The highest BCUT2D eigenvalue weighted by Crippen LogP contribution is 2.24. The molecule has 116 valence electrons. The second-order valence-corrected chi connectivity index (χ2v) is 6.67. The number of hydrogen-bond donors (Lipinski definition) is 0. The number of nitro benzene ring substituents is 1. The van der Waals surface area contributed by atoms with Crippen LogP contribution in [0.2, 0.25) is 0 Å². The molecule has 0 N–H and O–H groups in total. The lowest BCUT2D eigenvalue weighted by Gasteiger charge is -2.05. The number of benzene rings is 1. The van der Waals surface area contributed by atoms with Gasteiger partial charge in [-0.2, -0.15) is 0 Å². The Morgan fingerprint density at radius 2 is 1.96 bits per heavy atom. The van der Waals surface area contributed by atoms with Crippen molar-refractivity contribution in [2.75, 3.05) is 0 Å². The van der Waals surface area contributed by atoms with Crippen LogP contribution >= 0.6 is 27.7 Å². The molecular weight excluding hydrogens is 382 g/mol. The van der Waals surface area contributed by atoms with Crippen LogP contribution in [0, 0.1) is 10.1 Å². The summed E-state index contributed by atoms with van der Waals surface area (Å²) in [6, 6.07) is 11.4. The van der Waals surface area contributed by atoms with Crippen LogP contribution in [0.4, 0.5) is 5.69 Å². The molecule has 0 spiro atoms. The highest BCUT2D eigenvalue weighted by atomic mass is 79.9. The summed E-state index contributed by atoms with van der Waals surface area (Å²) >= 11 is 4.79. The summed E-state index contributed by atoms with van der Waals surface area (Å²) < 4.78 is 2.28. The van der Waals surface area contributed by atoms with Crippen LogP contribution in [0.5, 0.6) is 0 Å². The van der Waals surface area contributed by atoms with Crippen LogP contribution in [-0.2, 0) is 5.75 Å². The number of rotatable bonds is 4. The number of thioether (sulfide) groups is 1. The largest absolute Gasteiger partial charge is 0.269 e. The van der Waals surface area contributed by atoms with E-state index in [-0.39, 0.29) is 11.2 Å². The predicted molar refractivity (Wildman–Crippen MR) is 91.8 cm³/mol. The maximum Gasteiger partial charge on any atom is 0.269 e. The van der Waals surface area contributed by atoms with Gasteiger partial charge in [0.2, 0.25) is 0 Å². The average Bonchev–Trinajstić information content (AvgIpc) is 2.54. The molecule has 6 nitrogen and oxygen atoms in total. The number of hydrogen-bond acceptors (Lipinski definition) is 5. The molecule has 3 rings (SSSR count). The summed E-state index contributed by atoms with van der Waals surface area (Å²) in [5, 5.41) is 10.6. The Bertz CT molecular complexity index is 941. The Morgan fingerprint density at radius 1 is 1.22 bits per heavy atom. The lowest BCUT2D eigenvalue weighted by molar-refractivity contribution is -0.384. The average molecular weight is 392 g/mol. The maximum absolute atomic E-state index is 12.1. The molecule has 0 aliphatic carbocycles. The summed E-state index contributed by atoms with van der Waals surface area (Å²) in [7, 11) is 0. The second kappa shape index (κ2) is 6.51. The van der Waals surface area contributed by atoms with Gasteiger partial charge in [-0.15, -0.1) is 11.8 Å². The molecule has 0 saturated carbocycles. The van der Waals surface area contributed by atoms with E-state index in [9.17, 15) is 14.9 Å². The Balaban J connectivity index is 1.80. The van der Waals surface area contributed by atoms with Crippen molar-refractivity contribution in [1.29, 1.82) is 0 Å². The van der Waals surface area contributed by atoms with Crippen molar-refractivity contribution in [3.63, 3.8) is 0 Å². The van der Waals surface area contributed by atoms with Crippen LogP contribution in [-0.4, -0.2) is 14.3 Å². The molecule has 8 heteroatoms. The minimum atomic E-state index is -0.432. The number of pyridine rings is 1. The minimum Gasteiger partial charge on any atom is -0.269 e. The summed E-state index contributed by atoms with van der Waals surface area (Å²) in [6.45, 7) is 0. The van der Waals surface area contributed by atoms with Gasteiger partial charge in [0.15, 0.2) is 0 Å². The third-order valence-corrected chi connectivity index (χ3v) is 4.63. The minimum absolute atomic E-state index is 0.0574. The summed E-state index contributed by atoms with van der Waals surface area (Å²) in [5.74, 6) is 0.514. The topological polar surface area (TPSA) is 77.5 Å². The highest BCUT2D eigenvalue weighted by Gasteiger charge is 2.06. The van der Waals surface area contributed by atoms with Gasteiger partial charge in [0, 0.05) is 39.5 Å². The molecule has 0 fully saturated rings. The molecule has 1 aromatic carbocycles. The normalized spacial score (nSPS) is 10.8. The van der Waals surface area contributed by atoms with Gasteiger partial charge < -0.3 is 0 Å². The fraction of sp³-hybridized carbons (Fsp3) is 0.0667. The van der Waals surface area contributed by atoms with E-state index in [4.69, 9.17) is 0 Å². The number of nitro groups is 1. The van der Waals surface area contributed by atoms with Gasteiger partial charge in [0.1, 0.15) is 5.65 Å². The Hall–Kier alpha value is -2.19. The molecule has 0 amide bonds. The van der Waals surface area contributed by atoms with E-state index in [0.717, 1.165) is 9.37 Å². The van der Waals surface area contributed by atoms with Gasteiger partial charge in [-0.05, 0) is 40.2 Å². The second-order valence-electron chi connectivity index (χ2n) is 4.70. The number of non-ortho nitro benzene ring substituents is 1. The van der Waals surface area contributed by atoms with Crippen molar-refractivity contribution in [1.82, 2.24) is 9.38 Å². The van der Waals surface area contributed by atoms with Crippen LogP contribution in [0.25, 0.3) is 5.65 Å². The summed E-state index contributed by atoms with van der Waals surface area (Å²) in [4.78, 5) is 27.6. The molecule has 0 aliphatic rings. The SMILES string of the molecule is O=c1cc(CSc2ccc([N+](=O)[O-])cc2)nc2ccc(Br)cn12. The standard InChI is InChI=1S/C15H10BrN3O3S/c16-10-1-6-14-17-11(7-15(20)18(14)8-10)9-23-13-4-2-12(3-5-13)19(21)22/h1-8H,9H2. The first-order valence-electron chi connectivity index (χ1n) is 6.58. The zero-order chi connectivity index (χ0) is 16.4. The maximum atomic E-state index is 12.1. The van der Waals surface area contributed by atoms with E-state index < -0.39 is 4.92 Å². The molecule has 0 unspecified atom stereocenters. The molecule has 23 heavy (non-hydrogen) atoms. The molecule has 2 aromatic heterocycles. The van der Waals surface area contributed by atoms with Crippen LogP contribution in [0.15, 0.2) is 62.8 Å². The highest BCUT2D eigenvalue weighted by molar-refractivity contribution is 9.10. The fourth-order valence-corrected chi connectivity index (χ4v) is 3.15. The van der Waals surface area contributed by atoms with E-state index in [1.165, 1.54) is 34.4 Å². The first kappa shape index (κ1) is 15.7. The Kier molecular flexibility index (Phi) is 4.44. The van der Waals surface area contributed by atoms with E-state index >= 15 is 0 Å². The van der Waals surface area contributed by atoms with Gasteiger partial charge in [-0.25, -0.2) is 4.98 Å². The van der Waals surface area contributed by atoms with Crippen molar-refractivity contribution in [3.8, 4) is 0 Å². The predicted octanol–water partition coefficient (Wildman–Crippen LogP) is 3.66. The van der Waals surface area contributed by atoms with Gasteiger partial charge in [-0.3, -0.25) is 19.3 Å². The lowest BCUT2D eigenvalue weighted by Crippen LogP contribution is -2.15. The third kappa shape index (κ3) is 3.59. The quantitative estimate of drug-likeness (QED) is 0.385. The number of aromatic nitrogens is 2. The van der Waals surface area contributed by atoms with Crippen molar-refractivity contribution in [3.05, 3.63) is 79.3 Å². The number of nitrogens with zero attached hydrogens (tertiary/aromatic N) is 3. The monoisotopic (exact) mass is 391 g/mol. The molecule has 0 saturated heterocycles. The zero-order valence-electron chi connectivity index (χ0n) is 11.7. The molecule has 0 bridgehead atoms. The molecule has 0 atom stereocenters. The first-order chi connectivity index (χ1) is 11.0. The van der Waals surface area contributed by atoms with E-state index in [1.807, 2.05) is 6.07 Å². The van der Waals surface area contributed by atoms with E-state index in [1.54, 1.807) is 24.4 Å². The van der Waals surface area contributed by atoms with Gasteiger partial charge in [0.05, 0.1) is 10.6 Å². The third-order valence-electron chi connectivity index (χ3n) is 3.11. The molecular formula is C15H10BrN3O3S. The fourth-order valence-electron chi connectivity index (χ4n) is 2.02. The summed E-state index contributed by atoms with van der Waals surface area (Å²) in [5.41, 5.74) is 1.17.